The van der Waals surface area contributed by atoms with Crippen molar-refractivity contribution < 1.29 is 0 Å². The van der Waals surface area contributed by atoms with Crippen molar-refractivity contribution in [2.45, 2.75) is 38.9 Å². The van der Waals surface area contributed by atoms with Crippen molar-refractivity contribution in [3.05, 3.63) is 22.0 Å². The van der Waals surface area contributed by atoms with Crippen molar-refractivity contribution in [3.8, 4) is 0 Å². The second-order valence-electron chi connectivity index (χ2n) is 2.97. The molecule has 2 heteroatoms. The molecule has 0 N–H and O–H groups in total. The Morgan fingerprint density at radius 1 is 1.54 bits per heavy atom. The van der Waals surface area contributed by atoms with E-state index in [-0.39, 0.29) is 0 Å². The molecule has 0 amide bonds. The third-order valence-electron chi connectivity index (χ3n) is 1.72. The predicted molar refractivity (Wildman–Crippen MR) is 66.5 cm³/mol. The van der Waals surface area contributed by atoms with Crippen molar-refractivity contribution in [2.75, 3.05) is 5.75 Å². The Hall–Kier alpha value is 0.349. The van der Waals surface area contributed by atoms with Crippen LogP contribution in [0.3, 0.4) is 0 Å². The molecule has 0 aliphatic carbocycles. The summed E-state index contributed by atoms with van der Waals surface area (Å²) in [5.41, 5.74) is 1.53. The van der Waals surface area contributed by atoms with E-state index >= 15 is 0 Å². The maximum absolute atomic E-state index is 3.78. The van der Waals surface area contributed by atoms with Gasteiger partial charge in [-0.2, -0.15) is 0 Å². The Balaban J connectivity index is 3.98. The van der Waals surface area contributed by atoms with Gasteiger partial charge in [0.2, 0.25) is 0 Å². The normalized spacial score (nSPS) is 12.5. The molecule has 13 heavy (non-hydrogen) atoms. The van der Waals surface area contributed by atoms with E-state index in [0.717, 1.165) is 6.42 Å². The molecule has 0 bridgehead atoms. The fourth-order valence-corrected chi connectivity index (χ4v) is 4.20. The van der Waals surface area contributed by atoms with Gasteiger partial charge in [0.05, 0.1) is 0 Å². The van der Waals surface area contributed by atoms with Crippen LogP contribution in [-0.2, 0) is 0 Å². The summed E-state index contributed by atoms with van der Waals surface area (Å²) >= 11 is 2.71. The average Bonchev–Trinajstić information content (AvgIpc) is 2.13. The van der Waals surface area contributed by atoms with Gasteiger partial charge >= 0.3 is 93.4 Å². The van der Waals surface area contributed by atoms with Crippen molar-refractivity contribution in [1.29, 1.82) is 0 Å². The summed E-state index contributed by atoms with van der Waals surface area (Å²) < 4.78 is 1.63. The Labute approximate surface area is 93.4 Å². The molecule has 0 saturated heterocycles. The molecule has 0 saturated carbocycles. The molecule has 0 aliphatic rings. The van der Waals surface area contributed by atoms with E-state index in [1.165, 1.54) is 24.2 Å². The second kappa shape index (κ2) is 8.93. The fraction of sp³-hybridized carbons (Fsp3) is 0.636. The first-order chi connectivity index (χ1) is 6.26. The van der Waals surface area contributed by atoms with Gasteiger partial charge in [0.1, 0.15) is 0 Å². The first-order valence-electron chi connectivity index (χ1n) is 4.73. The van der Waals surface area contributed by atoms with Crippen LogP contribution < -0.4 is 0 Å². The molecular formula is C11H20SSe. The van der Waals surface area contributed by atoms with Crippen LogP contribution in [0.5, 0.6) is 0 Å². The Bertz CT molecular complexity index is 173. The van der Waals surface area contributed by atoms with Gasteiger partial charge in [-0.3, -0.25) is 0 Å². The molecule has 0 fully saturated rings. The molecule has 0 aliphatic heterocycles. The summed E-state index contributed by atoms with van der Waals surface area (Å²) in [4.78, 5) is 0. The molecule has 76 valence electrons. The first-order valence-corrected chi connectivity index (χ1v) is 8.29. The van der Waals surface area contributed by atoms with E-state index in [1.54, 1.807) is 3.80 Å². The quantitative estimate of drug-likeness (QED) is 0.379. The number of rotatable bonds is 7. The topological polar surface area (TPSA) is 0 Å². The Kier molecular flexibility index (Phi) is 9.17. The molecule has 0 aromatic carbocycles. The van der Waals surface area contributed by atoms with Crippen LogP contribution in [0.25, 0.3) is 0 Å². The number of hydrogen-bond donors (Lipinski definition) is 0. The molecule has 0 unspecified atom stereocenters. The fourth-order valence-electron chi connectivity index (χ4n) is 0.965. The van der Waals surface area contributed by atoms with Crippen LogP contribution in [0.4, 0.5) is 0 Å². The summed E-state index contributed by atoms with van der Waals surface area (Å²) in [6, 6.07) is 0. The first kappa shape index (κ1) is 13.3. The van der Waals surface area contributed by atoms with Gasteiger partial charge < -0.3 is 0 Å². The summed E-state index contributed by atoms with van der Waals surface area (Å²) in [6.45, 7) is 8.26. The van der Waals surface area contributed by atoms with Gasteiger partial charge in [0, 0.05) is 0 Å². The number of hydrogen-bond acceptors (Lipinski definition) is 1. The zero-order chi connectivity index (χ0) is 10.1. The molecular weight excluding hydrogens is 243 g/mol. The summed E-state index contributed by atoms with van der Waals surface area (Å²) in [6.07, 6.45) is 5.70. The van der Waals surface area contributed by atoms with Crippen molar-refractivity contribution in [3.63, 3.8) is 0 Å². The van der Waals surface area contributed by atoms with Crippen LogP contribution in [0.1, 0.15) is 33.1 Å². The summed E-state index contributed by atoms with van der Waals surface area (Å²) in [7, 11) is 0. The van der Waals surface area contributed by atoms with Crippen LogP contribution >= 0.6 is 11.8 Å². The Morgan fingerprint density at radius 3 is 2.69 bits per heavy atom. The summed E-state index contributed by atoms with van der Waals surface area (Å²) in [5, 5.41) is 0. The van der Waals surface area contributed by atoms with Gasteiger partial charge in [-0.05, 0) is 0 Å². The van der Waals surface area contributed by atoms with E-state index in [0.29, 0.717) is 15.0 Å². The third kappa shape index (κ3) is 6.42. The molecule has 0 aromatic rings. The van der Waals surface area contributed by atoms with Crippen LogP contribution in [-0.4, -0.2) is 20.7 Å². The van der Waals surface area contributed by atoms with E-state index in [9.17, 15) is 0 Å². The molecule has 0 aromatic heterocycles. The SMILES string of the molecule is C=CC/C(C)=C(\SCCCC)[Se]C. The zero-order valence-electron chi connectivity index (χ0n) is 8.93. The third-order valence-corrected chi connectivity index (χ3v) is 5.94. The van der Waals surface area contributed by atoms with Crippen molar-refractivity contribution >= 4 is 26.7 Å². The van der Waals surface area contributed by atoms with Gasteiger partial charge in [-0.1, -0.05) is 0 Å². The molecule has 0 spiro atoms. The zero-order valence-corrected chi connectivity index (χ0v) is 11.5. The van der Waals surface area contributed by atoms with E-state index in [4.69, 9.17) is 0 Å². The van der Waals surface area contributed by atoms with Gasteiger partial charge in [0.15, 0.2) is 0 Å². The molecule has 0 heterocycles. The van der Waals surface area contributed by atoms with Gasteiger partial charge in [-0.25, -0.2) is 0 Å². The number of allylic oxidation sites excluding steroid dienone is 2. The summed E-state index contributed by atoms with van der Waals surface area (Å²) in [5.74, 6) is 3.59. The molecule has 0 atom stereocenters. The van der Waals surface area contributed by atoms with Crippen molar-refractivity contribution in [2.24, 2.45) is 0 Å². The van der Waals surface area contributed by atoms with Gasteiger partial charge in [0.25, 0.3) is 0 Å². The molecule has 0 radical (unpaired) electrons. The minimum absolute atomic E-state index is 0.658. The molecule has 0 rings (SSSR count). The minimum atomic E-state index is 0.658. The van der Waals surface area contributed by atoms with Crippen LogP contribution in [0.15, 0.2) is 22.0 Å². The average molecular weight is 263 g/mol. The number of thioether (sulfide) groups is 1. The van der Waals surface area contributed by atoms with Crippen LogP contribution in [0, 0.1) is 0 Å². The maximum atomic E-state index is 3.78. The van der Waals surface area contributed by atoms with E-state index in [2.05, 4.69) is 38.0 Å². The van der Waals surface area contributed by atoms with E-state index in [1.807, 2.05) is 6.08 Å². The predicted octanol–water partition coefficient (Wildman–Crippen LogP) is 4.08. The van der Waals surface area contributed by atoms with Gasteiger partial charge in [-0.15, -0.1) is 0 Å². The monoisotopic (exact) mass is 264 g/mol. The van der Waals surface area contributed by atoms with Crippen molar-refractivity contribution in [1.82, 2.24) is 0 Å². The Morgan fingerprint density at radius 2 is 2.23 bits per heavy atom. The standard InChI is InChI=1S/C11H20SSe/c1-5-7-9-12-11(13-4)10(3)8-6-2/h6H,2,5,7-9H2,1,3-4H3/b11-10+. The molecule has 0 nitrogen and oxygen atoms in total. The second-order valence-corrected chi connectivity index (χ2v) is 6.37. The number of unbranched alkanes of at least 4 members (excludes halogenated alkanes) is 1. The van der Waals surface area contributed by atoms with Crippen LogP contribution in [0.2, 0.25) is 5.82 Å². The van der Waals surface area contributed by atoms with E-state index < -0.39 is 0 Å².